The van der Waals surface area contributed by atoms with E-state index in [2.05, 4.69) is 20.1 Å². The second kappa shape index (κ2) is 12.0. The Bertz CT molecular complexity index is 1410. The lowest BCUT2D eigenvalue weighted by atomic mass is 10.0. The molecule has 10 nitrogen and oxygen atoms in total. The minimum absolute atomic E-state index is 0.0851. The molecule has 2 aromatic heterocycles. The number of piperazine rings is 1. The number of nitrogens with two attached hydrogens (primary N) is 1. The molecule has 11 heteroatoms. The number of rotatable bonds is 9. The zero-order valence-corrected chi connectivity index (χ0v) is 22.1. The van der Waals surface area contributed by atoms with E-state index in [1.54, 1.807) is 18.3 Å². The zero-order chi connectivity index (χ0) is 27.4. The molecule has 1 aliphatic heterocycles. The van der Waals surface area contributed by atoms with E-state index in [-0.39, 0.29) is 12.5 Å². The normalized spacial score (nSPS) is 15.4. The summed E-state index contributed by atoms with van der Waals surface area (Å²) in [6.07, 6.45) is 1.21. The maximum absolute atomic E-state index is 13.2. The van der Waals surface area contributed by atoms with Gasteiger partial charge in [0, 0.05) is 43.0 Å². The number of pyridine rings is 1. The number of aliphatic hydroxyl groups is 2. The number of amides is 1. The summed E-state index contributed by atoms with van der Waals surface area (Å²) in [4.78, 5) is 21.7. The number of nitrogens with one attached hydrogen (secondary N) is 1. The maximum atomic E-state index is 13.2. The minimum atomic E-state index is -1.03. The van der Waals surface area contributed by atoms with Gasteiger partial charge in [0.2, 0.25) is 11.8 Å². The van der Waals surface area contributed by atoms with Crippen LogP contribution >= 0.6 is 11.6 Å². The van der Waals surface area contributed by atoms with E-state index in [1.807, 2.05) is 47.4 Å². The van der Waals surface area contributed by atoms with Crippen LogP contribution < -0.4 is 15.4 Å². The SMILES string of the molecule is NC(Cc1ccc(Cl)cc1)C(=O)N1CCN(c2c(-c3ccccc3)cnc3[nH]nc(OCC(O)CO)c23)CC1. The number of halogens is 1. The minimum Gasteiger partial charge on any atom is -0.473 e. The Kier molecular flexibility index (Phi) is 8.27. The van der Waals surface area contributed by atoms with Crippen molar-refractivity contribution in [2.75, 3.05) is 44.3 Å². The number of carbonyl (C=O) groups is 1. The van der Waals surface area contributed by atoms with Gasteiger partial charge in [-0.1, -0.05) is 54.1 Å². The lowest BCUT2D eigenvalue weighted by molar-refractivity contribution is -0.132. The summed E-state index contributed by atoms with van der Waals surface area (Å²) < 4.78 is 5.78. The van der Waals surface area contributed by atoms with Crippen LogP contribution in [0.25, 0.3) is 22.2 Å². The number of hydrogen-bond acceptors (Lipinski definition) is 8. The number of fused-ring (bicyclic) bond motifs is 1. The van der Waals surface area contributed by atoms with Crippen molar-refractivity contribution in [3.8, 4) is 17.0 Å². The van der Waals surface area contributed by atoms with Gasteiger partial charge in [0.25, 0.3) is 0 Å². The van der Waals surface area contributed by atoms with E-state index in [4.69, 9.17) is 22.1 Å². The first-order valence-corrected chi connectivity index (χ1v) is 13.2. The van der Waals surface area contributed by atoms with Crippen molar-refractivity contribution in [3.63, 3.8) is 0 Å². The van der Waals surface area contributed by atoms with E-state index in [1.165, 1.54) is 0 Å². The van der Waals surface area contributed by atoms with Crippen molar-refractivity contribution in [1.29, 1.82) is 0 Å². The molecule has 0 bridgehead atoms. The van der Waals surface area contributed by atoms with Crippen LogP contribution in [0.2, 0.25) is 5.02 Å². The first-order valence-electron chi connectivity index (χ1n) is 12.8. The van der Waals surface area contributed by atoms with Crippen LogP contribution in [0.4, 0.5) is 5.69 Å². The zero-order valence-electron chi connectivity index (χ0n) is 21.3. The molecule has 0 spiro atoms. The highest BCUT2D eigenvalue weighted by molar-refractivity contribution is 6.30. The van der Waals surface area contributed by atoms with Crippen LogP contribution in [0.3, 0.4) is 0 Å². The van der Waals surface area contributed by atoms with E-state index < -0.39 is 18.8 Å². The molecular weight excluding hydrogens is 520 g/mol. The average Bonchev–Trinajstić information content (AvgIpc) is 3.39. The van der Waals surface area contributed by atoms with Gasteiger partial charge in [0.1, 0.15) is 18.1 Å². The number of H-pyrrole nitrogens is 1. The number of hydrogen-bond donors (Lipinski definition) is 4. The van der Waals surface area contributed by atoms with Crippen LogP contribution in [0.1, 0.15) is 5.56 Å². The van der Waals surface area contributed by atoms with Gasteiger partial charge in [-0.2, -0.15) is 0 Å². The summed E-state index contributed by atoms with van der Waals surface area (Å²) >= 11 is 5.97. The standard InChI is InChI=1S/C28H31ClN6O4/c29-20-8-6-18(7-9-20)14-23(30)28(38)35-12-10-34(11-13-35)25-22(19-4-2-1-3-5-19)15-31-26-24(25)27(33-32-26)39-17-21(37)16-36/h1-9,15,21,23,36-37H,10-14,16-17,30H2,(H,31,32,33). The third kappa shape index (κ3) is 5.99. The van der Waals surface area contributed by atoms with Crippen LogP contribution in [0.15, 0.2) is 60.8 Å². The Morgan fingerprint density at radius 3 is 2.51 bits per heavy atom. The molecule has 2 atom stereocenters. The van der Waals surface area contributed by atoms with Gasteiger partial charge in [-0.05, 0) is 29.7 Å². The predicted molar refractivity (Wildman–Crippen MR) is 150 cm³/mol. The fourth-order valence-corrected chi connectivity index (χ4v) is 4.91. The molecule has 2 aromatic carbocycles. The second-order valence-electron chi connectivity index (χ2n) is 9.54. The molecule has 5 rings (SSSR count). The van der Waals surface area contributed by atoms with E-state index in [0.29, 0.717) is 54.5 Å². The van der Waals surface area contributed by atoms with Gasteiger partial charge >= 0.3 is 0 Å². The number of ether oxygens (including phenoxy) is 1. The average molecular weight is 551 g/mol. The van der Waals surface area contributed by atoms with Crippen molar-refractivity contribution in [1.82, 2.24) is 20.1 Å². The Hall–Kier alpha value is -3.70. The van der Waals surface area contributed by atoms with E-state index in [0.717, 1.165) is 22.4 Å². The van der Waals surface area contributed by atoms with Gasteiger partial charge in [-0.15, -0.1) is 5.10 Å². The molecule has 4 aromatic rings. The topological polar surface area (TPSA) is 141 Å². The molecule has 1 amide bonds. The fraction of sp³-hybridized carbons (Fsp3) is 0.321. The molecule has 39 heavy (non-hydrogen) atoms. The molecule has 1 fully saturated rings. The van der Waals surface area contributed by atoms with Crippen molar-refractivity contribution < 1.29 is 19.7 Å². The maximum Gasteiger partial charge on any atom is 0.244 e. The lowest BCUT2D eigenvalue weighted by Crippen LogP contribution is -2.53. The second-order valence-corrected chi connectivity index (χ2v) is 9.97. The van der Waals surface area contributed by atoms with Crippen molar-refractivity contribution in [2.45, 2.75) is 18.6 Å². The molecule has 0 saturated carbocycles. The highest BCUT2D eigenvalue weighted by atomic mass is 35.5. The number of carbonyl (C=O) groups excluding carboxylic acids is 1. The van der Waals surface area contributed by atoms with Crippen molar-refractivity contribution in [3.05, 3.63) is 71.4 Å². The van der Waals surface area contributed by atoms with Crippen LogP contribution in [0.5, 0.6) is 5.88 Å². The van der Waals surface area contributed by atoms with E-state index in [9.17, 15) is 15.0 Å². The van der Waals surface area contributed by atoms with Crippen molar-refractivity contribution >= 4 is 34.2 Å². The Morgan fingerprint density at radius 2 is 1.82 bits per heavy atom. The van der Waals surface area contributed by atoms with Crippen LogP contribution in [-0.4, -0.2) is 87.7 Å². The van der Waals surface area contributed by atoms with Gasteiger partial charge in [0.15, 0.2) is 5.65 Å². The monoisotopic (exact) mass is 550 g/mol. The number of aliphatic hydroxyl groups excluding tert-OH is 2. The first kappa shape index (κ1) is 26.9. The molecule has 0 radical (unpaired) electrons. The van der Waals surface area contributed by atoms with Gasteiger partial charge in [0.05, 0.1) is 18.3 Å². The molecule has 0 aliphatic carbocycles. The summed E-state index contributed by atoms with van der Waals surface area (Å²) in [5, 5.41) is 27.5. The Labute approximate surface area is 231 Å². The lowest BCUT2D eigenvalue weighted by Gasteiger charge is -2.38. The number of benzene rings is 2. The molecule has 3 heterocycles. The first-order chi connectivity index (χ1) is 18.9. The molecule has 204 valence electrons. The fourth-order valence-electron chi connectivity index (χ4n) is 4.78. The number of anilines is 1. The number of nitrogens with zero attached hydrogens (tertiary/aromatic N) is 4. The Morgan fingerprint density at radius 1 is 1.10 bits per heavy atom. The summed E-state index contributed by atoms with van der Waals surface area (Å²) in [5.41, 5.74) is 10.6. The highest BCUT2D eigenvalue weighted by Gasteiger charge is 2.29. The molecule has 1 saturated heterocycles. The number of aromatic amines is 1. The third-order valence-corrected chi connectivity index (χ3v) is 7.08. The third-order valence-electron chi connectivity index (χ3n) is 6.83. The van der Waals surface area contributed by atoms with Gasteiger partial charge in [-0.25, -0.2) is 4.98 Å². The van der Waals surface area contributed by atoms with Gasteiger partial charge in [-0.3, -0.25) is 9.89 Å². The van der Waals surface area contributed by atoms with Gasteiger partial charge < -0.3 is 30.5 Å². The smallest absolute Gasteiger partial charge is 0.244 e. The molecule has 2 unspecified atom stereocenters. The summed E-state index contributed by atoms with van der Waals surface area (Å²) in [6, 6.07) is 16.6. The number of aromatic nitrogens is 3. The highest BCUT2D eigenvalue weighted by Crippen LogP contribution is 2.40. The van der Waals surface area contributed by atoms with E-state index >= 15 is 0 Å². The van der Waals surface area contributed by atoms with Crippen LogP contribution in [0, 0.1) is 0 Å². The van der Waals surface area contributed by atoms with Crippen molar-refractivity contribution in [2.24, 2.45) is 5.73 Å². The Balaban J connectivity index is 1.39. The quantitative estimate of drug-likeness (QED) is 0.249. The molecule has 5 N–H and O–H groups in total. The predicted octanol–water partition coefficient (Wildman–Crippen LogP) is 2.23. The summed E-state index contributed by atoms with van der Waals surface area (Å²) in [6.45, 7) is 1.62. The van der Waals surface area contributed by atoms with Crippen LogP contribution in [-0.2, 0) is 11.2 Å². The molecular formula is C28H31ClN6O4. The molecule has 1 aliphatic rings. The summed E-state index contributed by atoms with van der Waals surface area (Å²) in [7, 11) is 0. The largest absolute Gasteiger partial charge is 0.473 e. The summed E-state index contributed by atoms with van der Waals surface area (Å²) in [5.74, 6) is 0.208.